The third-order valence-corrected chi connectivity index (χ3v) is 6.97. The third kappa shape index (κ3) is 6.15. The van der Waals surface area contributed by atoms with Gasteiger partial charge in [-0.3, -0.25) is 0 Å². The van der Waals surface area contributed by atoms with Gasteiger partial charge in [-0.2, -0.15) is 0 Å². The number of carbonyl (C=O) groups is 1. The maximum absolute atomic E-state index is 11.8. The summed E-state index contributed by atoms with van der Waals surface area (Å²) in [5, 5.41) is 3.37. The van der Waals surface area contributed by atoms with E-state index in [2.05, 4.69) is 42.4 Å². The Bertz CT molecular complexity index is 761. The fraction of sp³-hybridized carbons (Fsp3) is 0.368. The normalized spacial score (nSPS) is 15.2. The Balaban J connectivity index is 2.11. The standard InChI is InChI=1S/C19H23ClIN2O2/c1-12-8-14(17-13(2)10-22-16(20)9-21-17)6-7-15(12)11-23-18(24)25-19(3,4)5/h6-10H,11H2,1-5H3,(H,23,24)/q-1. The monoisotopic (exact) mass is 473 g/mol. The van der Waals surface area contributed by atoms with Gasteiger partial charge < -0.3 is 0 Å². The van der Waals surface area contributed by atoms with Gasteiger partial charge in [-0.1, -0.05) is 0 Å². The third-order valence-electron chi connectivity index (χ3n) is 3.40. The van der Waals surface area contributed by atoms with Gasteiger partial charge in [0.1, 0.15) is 0 Å². The molecule has 1 aromatic rings. The molecule has 6 heteroatoms. The molecule has 0 unspecified atom stereocenters. The Morgan fingerprint density at radius 3 is 2.68 bits per heavy atom. The van der Waals surface area contributed by atoms with Crippen LogP contribution in [0.15, 0.2) is 38.0 Å². The number of nitrogens with zero attached hydrogens (tertiary/aromatic N) is 1. The Kier molecular flexibility index (Phi) is 6.68. The molecule has 0 saturated carbocycles. The van der Waals surface area contributed by atoms with E-state index < -0.39 is 11.7 Å². The van der Waals surface area contributed by atoms with Crippen molar-refractivity contribution in [3.05, 3.63) is 49.7 Å². The molecular weight excluding hydrogens is 451 g/mol. The van der Waals surface area contributed by atoms with E-state index in [4.69, 9.17) is 16.3 Å². The van der Waals surface area contributed by atoms with Gasteiger partial charge in [0.15, 0.2) is 0 Å². The molecule has 2 rings (SSSR count). The van der Waals surface area contributed by atoms with E-state index in [-0.39, 0.29) is 21.2 Å². The van der Waals surface area contributed by atoms with Crippen molar-refractivity contribution >= 4 is 27.5 Å². The Morgan fingerprint density at radius 2 is 2.04 bits per heavy atom. The Hall–Kier alpha value is -1.34. The van der Waals surface area contributed by atoms with Crippen molar-refractivity contribution in [2.24, 2.45) is 4.99 Å². The molecule has 0 atom stereocenters. The number of ether oxygens (including phenoxy) is 1. The van der Waals surface area contributed by atoms with Gasteiger partial charge in [0.05, 0.1) is 0 Å². The summed E-state index contributed by atoms with van der Waals surface area (Å²) in [6.07, 6.45) is 1.42. The van der Waals surface area contributed by atoms with E-state index in [1.165, 1.54) is 9.14 Å². The van der Waals surface area contributed by atoms with Crippen molar-refractivity contribution in [1.29, 1.82) is 0 Å². The number of carbonyl (C=O) groups excluding carboxylic acids is 1. The van der Waals surface area contributed by atoms with Crippen molar-refractivity contribution in [2.75, 3.05) is 0 Å². The minimum atomic E-state index is -0.494. The number of amides is 1. The molecule has 1 N–H and O–H groups in total. The number of hydrogen-bond donors (Lipinski definition) is 1. The molecule has 136 valence electrons. The van der Waals surface area contributed by atoms with Crippen molar-refractivity contribution < 1.29 is 30.7 Å². The summed E-state index contributed by atoms with van der Waals surface area (Å²) in [6, 6.07) is 6.31. The second-order valence-corrected chi connectivity index (χ2v) is 9.50. The predicted molar refractivity (Wildman–Crippen MR) is 99.3 cm³/mol. The second-order valence-electron chi connectivity index (χ2n) is 6.79. The van der Waals surface area contributed by atoms with Crippen molar-refractivity contribution in [3.63, 3.8) is 0 Å². The average Bonchev–Trinajstić information content (AvgIpc) is 2.66. The molecule has 1 aromatic carbocycles. The number of nitrogens with one attached hydrogen (secondary N) is 1. The molecule has 1 heterocycles. The summed E-state index contributed by atoms with van der Waals surface area (Å²) in [7, 11) is 0. The van der Waals surface area contributed by atoms with Crippen LogP contribution in [0.25, 0.3) is 3.58 Å². The number of alkyl carbamates (subject to hydrolysis) is 1. The van der Waals surface area contributed by atoms with Crippen LogP contribution in [0.1, 0.15) is 44.4 Å². The molecule has 1 amide bonds. The summed E-state index contributed by atoms with van der Waals surface area (Å²) < 4.78 is 8.61. The van der Waals surface area contributed by atoms with Crippen molar-refractivity contribution in [1.82, 2.24) is 5.32 Å². The predicted octanol–water partition coefficient (Wildman–Crippen LogP) is 1.96. The van der Waals surface area contributed by atoms with Crippen molar-refractivity contribution in [3.8, 4) is 0 Å². The fourth-order valence-corrected chi connectivity index (χ4v) is 4.61. The van der Waals surface area contributed by atoms with Crippen LogP contribution in [0.3, 0.4) is 0 Å². The van der Waals surface area contributed by atoms with E-state index in [1.807, 2.05) is 31.1 Å². The molecule has 0 bridgehead atoms. The molecule has 0 aliphatic carbocycles. The van der Waals surface area contributed by atoms with Crippen LogP contribution >= 0.6 is 11.6 Å². The second kappa shape index (κ2) is 8.36. The molecule has 25 heavy (non-hydrogen) atoms. The first-order valence-corrected chi connectivity index (χ1v) is 10.7. The molecule has 0 aromatic heterocycles. The molecular formula is C19H23ClIN2O2-. The van der Waals surface area contributed by atoms with Gasteiger partial charge in [0.25, 0.3) is 0 Å². The number of rotatable bonds is 3. The van der Waals surface area contributed by atoms with Crippen LogP contribution in [0, 0.1) is 6.92 Å². The first-order chi connectivity index (χ1) is 11.7. The molecule has 0 fully saturated rings. The average molecular weight is 474 g/mol. The topological polar surface area (TPSA) is 50.7 Å². The zero-order valence-electron chi connectivity index (χ0n) is 15.1. The van der Waals surface area contributed by atoms with Gasteiger partial charge in [-0.25, -0.2) is 0 Å². The molecule has 0 radical (unpaired) electrons. The molecule has 0 saturated heterocycles. The number of allylic oxidation sites excluding steroid dienone is 1. The van der Waals surface area contributed by atoms with E-state index in [0.29, 0.717) is 11.7 Å². The number of halogens is 2. The summed E-state index contributed by atoms with van der Waals surface area (Å²) in [5.74, 6) is 0. The first-order valence-electron chi connectivity index (χ1n) is 7.96. The van der Waals surface area contributed by atoms with Crippen LogP contribution in [0.5, 0.6) is 0 Å². The number of benzene rings is 1. The summed E-state index contributed by atoms with van der Waals surface area (Å²) in [6.45, 7) is 10.1. The zero-order valence-corrected chi connectivity index (χ0v) is 18.0. The zero-order chi connectivity index (χ0) is 18.6. The number of aliphatic imine (C=N–C) groups is 1. The number of hydrogen-bond acceptors (Lipinski definition) is 3. The molecule has 1 aliphatic rings. The Labute approximate surface area is 164 Å². The van der Waals surface area contributed by atoms with Crippen LogP contribution in [0.4, 0.5) is 4.79 Å². The van der Waals surface area contributed by atoms with E-state index in [0.717, 1.165) is 16.7 Å². The first kappa shape index (κ1) is 20.0. The summed E-state index contributed by atoms with van der Waals surface area (Å²) in [4.78, 5) is 16.0. The van der Waals surface area contributed by atoms with Crippen LogP contribution in [-0.4, -0.2) is 17.9 Å². The summed E-state index contributed by atoms with van der Waals surface area (Å²) in [5.41, 5.74) is 4.06. The van der Waals surface area contributed by atoms with Crippen molar-refractivity contribution in [2.45, 2.75) is 46.8 Å². The molecule has 0 spiro atoms. The van der Waals surface area contributed by atoms with E-state index >= 15 is 0 Å². The van der Waals surface area contributed by atoms with Crippen LogP contribution in [-0.2, 0) is 11.3 Å². The molecule has 1 aliphatic heterocycles. The summed E-state index contributed by atoms with van der Waals surface area (Å²) >= 11 is 5.70. The van der Waals surface area contributed by atoms with Gasteiger partial charge in [-0.05, 0) is 0 Å². The Morgan fingerprint density at radius 1 is 1.32 bits per heavy atom. The SMILES string of the molecule is CC1=C(c2ccc(CNC(=O)OC(C)(C)C)c(C)c2)[I-]C=C(Cl)N=C1. The molecule has 4 nitrogen and oxygen atoms in total. The quantitative estimate of drug-likeness (QED) is 0.539. The van der Waals surface area contributed by atoms with Crippen LogP contribution in [0.2, 0.25) is 0 Å². The van der Waals surface area contributed by atoms with Crippen LogP contribution < -0.4 is 26.5 Å². The van der Waals surface area contributed by atoms with E-state index in [1.54, 1.807) is 0 Å². The fourth-order valence-electron chi connectivity index (χ4n) is 2.23. The van der Waals surface area contributed by atoms with Gasteiger partial charge in [0, 0.05) is 0 Å². The van der Waals surface area contributed by atoms with E-state index in [9.17, 15) is 4.79 Å². The maximum atomic E-state index is 11.8. The number of aryl methyl sites for hydroxylation is 1. The van der Waals surface area contributed by atoms with Gasteiger partial charge in [-0.15, -0.1) is 0 Å². The minimum absolute atomic E-state index is 0.325. The van der Waals surface area contributed by atoms with Gasteiger partial charge >= 0.3 is 165 Å². The van der Waals surface area contributed by atoms with Gasteiger partial charge in [0.2, 0.25) is 0 Å².